The number of rotatable bonds is 5. The standard InChI is InChI=1S/C11H20OS/c1-2-3-4-11(12)9-10-5-7-13-8-6-10/h10H,2-9H2,1H3. The first-order chi connectivity index (χ1) is 6.33. The molecule has 1 fully saturated rings. The molecule has 1 aliphatic rings. The summed E-state index contributed by atoms with van der Waals surface area (Å²) in [5.41, 5.74) is 0. The highest BCUT2D eigenvalue weighted by Crippen LogP contribution is 2.25. The number of hydrogen-bond acceptors (Lipinski definition) is 2. The zero-order valence-corrected chi connectivity index (χ0v) is 9.37. The van der Waals surface area contributed by atoms with Crippen molar-refractivity contribution in [3.63, 3.8) is 0 Å². The fourth-order valence-electron chi connectivity index (χ4n) is 1.75. The maximum atomic E-state index is 11.5. The summed E-state index contributed by atoms with van der Waals surface area (Å²) in [6.07, 6.45) is 6.44. The first-order valence-corrected chi connectivity index (χ1v) is 6.58. The van der Waals surface area contributed by atoms with Crippen molar-refractivity contribution < 1.29 is 4.79 Å². The summed E-state index contributed by atoms with van der Waals surface area (Å²) >= 11 is 2.03. The fraction of sp³-hybridized carbons (Fsp3) is 0.909. The predicted molar refractivity (Wildman–Crippen MR) is 59.2 cm³/mol. The third kappa shape index (κ3) is 4.70. The van der Waals surface area contributed by atoms with Crippen LogP contribution in [0.4, 0.5) is 0 Å². The van der Waals surface area contributed by atoms with Gasteiger partial charge in [0.05, 0.1) is 0 Å². The van der Waals surface area contributed by atoms with Crippen LogP contribution in [0.1, 0.15) is 45.4 Å². The maximum Gasteiger partial charge on any atom is 0.133 e. The Hall–Kier alpha value is 0.0200. The second kappa shape index (κ2) is 6.47. The zero-order valence-electron chi connectivity index (χ0n) is 8.55. The Bertz CT molecular complexity index is 150. The van der Waals surface area contributed by atoms with E-state index in [9.17, 15) is 4.79 Å². The molecule has 76 valence electrons. The Morgan fingerprint density at radius 2 is 2.08 bits per heavy atom. The summed E-state index contributed by atoms with van der Waals surface area (Å²) in [4.78, 5) is 11.5. The van der Waals surface area contributed by atoms with Crippen LogP contribution in [-0.2, 0) is 4.79 Å². The van der Waals surface area contributed by atoms with Crippen LogP contribution in [-0.4, -0.2) is 17.3 Å². The van der Waals surface area contributed by atoms with E-state index in [0.717, 1.165) is 25.7 Å². The lowest BCUT2D eigenvalue weighted by molar-refractivity contribution is -0.120. The Labute approximate surface area is 85.7 Å². The van der Waals surface area contributed by atoms with Crippen molar-refractivity contribution in [2.45, 2.75) is 45.4 Å². The number of unbranched alkanes of at least 4 members (excludes halogenated alkanes) is 1. The lowest BCUT2D eigenvalue weighted by Crippen LogP contribution is -2.14. The van der Waals surface area contributed by atoms with E-state index < -0.39 is 0 Å². The molecule has 13 heavy (non-hydrogen) atoms. The van der Waals surface area contributed by atoms with Gasteiger partial charge in [-0.3, -0.25) is 4.79 Å². The van der Waals surface area contributed by atoms with Gasteiger partial charge in [-0.05, 0) is 36.7 Å². The van der Waals surface area contributed by atoms with Gasteiger partial charge in [-0.25, -0.2) is 0 Å². The summed E-state index contributed by atoms with van der Waals surface area (Å²) < 4.78 is 0. The third-order valence-electron chi connectivity index (χ3n) is 2.67. The second-order valence-corrected chi connectivity index (χ2v) is 5.13. The molecule has 2 heteroatoms. The molecule has 0 aromatic rings. The molecule has 0 spiro atoms. The minimum absolute atomic E-state index is 0.499. The Morgan fingerprint density at radius 3 is 2.69 bits per heavy atom. The molecule has 1 saturated heterocycles. The molecule has 1 aliphatic heterocycles. The monoisotopic (exact) mass is 200 g/mol. The first kappa shape index (κ1) is 11.1. The fourth-order valence-corrected chi connectivity index (χ4v) is 2.95. The molecular formula is C11H20OS. The lowest BCUT2D eigenvalue weighted by atomic mass is 9.94. The van der Waals surface area contributed by atoms with E-state index in [1.807, 2.05) is 11.8 Å². The molecule has 0 saturated carbocycles. The van der Waals surface area contributed by atoms with E-state index in [4.69, 9.17) is 0 Å². The summed E-state index contributed by atoms with van der Waals surface area (Å²) in [5, 5.41) is 0. The summed E-state index contributed by atoms with van der Waals surface area (Å²) in [6.45, 7) is 2.14. The number of Topliss-reactive ketones (excluding diaryl/α,β-unsaturated/α-hetero) is 1. The van der Waals surface area contributed by atoms with E-state index in [-0.39, 0.29) is 0 Å². The molecule has 0 aromatic heterocycles. The average Bonchev–Trinajstić information content (AvgIpc) is 2.16. The SMILES string of the molecule is CCCCC(=O)CC1CCSCC1. The van der Waals surface area contributed by atoms with Gasteiger partial charge in [0.2, 0.25) is 0 Å². The molecule has 0 radical (unpaired) electrons. The number of carbonyl (C=O) groups is 1. The highest BCUT2D eigenvalue weighted by Gasteiger charge is 2.16. The van der Waals surface area contributed by atoms with Gasteiger partial charge in [0, 0.05) is 12.8 Å². The van der Waals surface area contributed by atoms with E-state index in [0.29, 0.717) is 11.7 Å². The highest BCUT2D eigenvalue weighted by atomic mass is 32.2. The van der Waals surface area contributed by atoms with Gasteiger partial charge < -0.3 is 0 Å². The topological polar surface area (TPSA) is 17.1 Å². The molecule has 0 bridgehead atoms. The van der Waals surface area contributed by atoms with Crippen molar-refractivity contribution in [3.8, 4) is 0 Å². The number of ketones is 1. The molecule has 0 aliphatic carbocycles. The van der Waals surface area contributed by atoms with Crippen LogP contribution in [0.5, 0.6) is 0 Å². The summed E-state index contributed by atoms with van der Waals surface area (Å²) in [7, 11) is 0. The van der Waals surface area contributed by atoms with Crippen LogP contribution in [0.3, 0.4) is 0 Å². The van der Waals surface area contributed by atoms with Gasteiger partial charge in [0.1, 0.15) is 5.78 Å². The van der Waals surface area contributed by atoms with Gasteiger partial charge in [-0.1, -0.05) is 13.3 Å². The van der Waals surface area contributed by atoms with Gasteiger partial charge in [0.25, 0.3) is 0 Å². The number of hydrogen-bond donors (Lipinski definition) is 0. The van der Waals surface area contributed by atoms with E-state index in [2.05, 4.69) is 6.92 Å². The second-order valence-electron chi connectivity index (χ2n) is 3.90. The van der Waals surface area contributed by atoms with E-state index in [1.165, 1.54) is 24.3 Å². The Morgan fingerprint density at radius 1 is 1.38 bits per heavy atom. The van der Waals surface area contributed by atoms with Crippen molar-refractivity contribution in [1.29, 1.82) is 0 Å². The van der Waals surface area contributed by atoms with Crippen molar-refractivity contribution in [3.05, 3.63) is 0 Å². The van der Waals surface area contributed by atoms with Crippen LogP contribution in [0.25, 0.3) is 0 Å². The van der Waals surface area contributed by atoms with Crippen LogP contribution < -0.4 is 0 Å². The lowest BCUT2D eigenvalue weighted by Gasteiger charge is -2.20. The molecule has 0 unspecified atom stereocenters. The highest BCUT2D eigenvalue weighted by molar-refractivity contribution is 7.99. The van der Waals surface area contributed by atoms with E-state index in [1.54, 1.807) is 0 Å². The molecule has 0 amide bonds. The minimum atomic E-state index is 0.499. The molecule has 1 rings (SSSR count). The zero-order chi connectivity index (χ0) is 9.52. The maximum absolute atomic E-state index is 11.5. The summed E-state index contributed by atoms with van der Waals surface area (Å²) in [6, 6.07) is 0. The first-order valence-electron chi connectivity index (χ1n) is 5.42. The molecule has 0 atom stereocenters. The van der Waals surface area contributed by atoms with Crippen LogP contribution in [0.15, 0.2) is 0 Å². The third-order valence-corrected chi connectivity index (χ3v) is 3.72. The molecule has 1 heterocycles. The van der Waals surface area contributed by atoms with Gasteiger partial charge in [-0.15, -0.1) is 0 Å². The minimum Gasteiger partial charge on any atom is -0.300 e. The number of carbonyl (C=O) groups excluding carboxylic acids is 1. The molecule has 1 nitrogen and oxygen atoms in total. The van der Waals surface area contributed by atoms with Gasteiger partial charge in [-0.2, -0.15) is 11.8 Å². The van der Waals surface area contributed by atoms with Crippen molar-refractivity contribution in [2.24, 2.45) is 5.92 Å². The molecular weight excluding hydrogens is 180 g/mol. The quantitative estimate of drug-likeness (QED) is 0.677. The van der Waals surface area contributed by atoms with Gasteiger partial charge in [0.15, 0.2) is 0 Å². The van der Waals surface area contributed by atoms with Crippen LogP contribution in [0.2, 0.25) is 0 Å². The Kier molecular flexibility index (Phi) is 5.52. The normalized spacial score (nSPS) is 18.8. The van der Waals surface area contributed by atoms with Crippen molar-refractivity contribution >= 4 is 17.5 Å². The van der Waals surface area contributed by atoms with Crippen molar-refractivity contribution in [2.75, 3.05) is 11.5 Å². The van der Waals surface area contributed by atoms with Crippen LogP contribution in [0, 0.1) is 5.92 Å². The number of thioether (sulfide) groups is 1. The van der Waals surface area contributed by atoms with Gasteiger partial charge >= 0.3 is 0 Å². The van der Waals surface area contributed by atoms with Crippen molar-refractivity contribution in [1.82, 2.24) is 0 Å². The van der Waals surface area contributed by atoms with E-state index >= 15 is 0 Å². The molecule has 0 N–H and O–H groups in total. The Balaban J connectivity index is 2.11. The largest absolute Gasteiger partial charge is 0.300 e. The predicted octanol–water partition coefficient (Wildman–Crippen LogP) is 3.28. The molecule has 0 aromatic carbocycles. The smallest absolute Gasteiger partial charge is 0.133 e. The summed E-state index contributed by atoms with van der Waals surface area (Å²) in [5.74, 6) is 3.75. The average molecular weight is 200 g/mol. The van der Waals surface area contributed by atoms with Crippen LogP contribution >= 0.6 is 11.8 Å².